The SMILES string of the molecule is C/C(=N\Nc1nc2c(c(=O)n(C)c(=O)n2C)n1CCCc1ccccc1)C(=O)O. The first-order chi connectivity index (χ1) is 13.8. The van der Waals surface area contributed by atoms with E-state index in [4.69, 9.17) is 5.11 Å². The molecule has 2 N–H and O–H groups in total. The van der Waals surface area contributed by atoms with Gasteiger partial charge in [-0.05, 0) is 25.3 Å². The van der Waals surface area contributed by atoms with Crippen LogP contribution in [0.5, 0.6) is 0 Å². The smallest absolute Gasteiger partial charge is 0.351 e. The first kappa shape index (κ1) is 20.1. The van der Waals surface area contributed by atoms with Crippen LogP contribution < -0.4 is 16.7 Å². The monoisotopic (exact) mass is 398 g/mol. The molecule has 152 valence electrons. The molecule has 10 nitrogen and oxygen atoms in total. The van der Waals surface area contributed by atoms with Gasteiger partial charge in [-0.15, -0.1) is 0 Å². The number of rotatable bonds is 7. The lowest BCUT2D eigenvalue weighted by molar-refractivity contribution is -0.129. The maximum Gasteiger partial charge on any atom is 0.351 e. The van der Waals surface area contributed by atoms with E-state index in [1.54, 1.807) is 4.57 Å². The molecule has 0 atom stereocenters. The van der Waals surface area contributed by atoms with Gasteiger partial charge in [0.1, 0.15) is 5.71 Å². The Bertz CT molecular complexity index is 1200. The van der Waals surface area contributed by atoms with Gasteiger partial charge in [0.15, 0.2) is 11.2 Å². The molecule has 0 aliphatic rings. The van der Waals surface area contributed by atoms with Gasteiger partial charge < -0.3 is 9.67 Å². The third kappa shape index (κ3) is 3.96. The van der Waals surface area contributed by atoms with E-state index in [9.17, 15) is 14.4 Å². The van der Waals surface area contributed by atoms with Crippen LogP contribution >= 0.6 is 0 Å². The van der Waals surface area contributed by atoms with Gasteiger partial charge >= 0.3 is 11.7 Å². The minimum absolute atomic E-state index is 0.158. The molecule has 0 amide bonds. The summed E-state index contributed by atoms with van der Waals surface area (Å²) in [7, 11) is 2.94. The minimum Gasteiger partial charge on any atom is -0.477 e. The van der Waals surface area contributed by atoms with Crippen LogP contribution in [0.1, 0.15) is 18.9 Å². The fourth-order valence-corrected chi connectivity index (χ4v) is 3.02. The third-order valence-corrected chi connectivity index (χ3v) is 4.67. The predicted molar refractivity (Wildman–Crippen MR) is 109 cm³/mol. The average Bonchev–Trinajstić information content (AvgIpc) is 3.08. The molecule has 0 aliphatic heterocycles. The van der Waals surface area contributed by atoms with Crippen molar-refractivity contribution in [3.8, 4) is 0 Å². The predicted octanol–water partition coefficient (Wildman–Crippen LogP) is 0.939. The van der Waals surface area contributed by atoms with E-state index in [1.807, 2.05) is 30.3 Å². The lowest BCUT2D eigenvalue weighted by Crippen LogP contribution is -2.37. The first-order valence-electron chi connectivity index (χ1n) is 9.05. The van der Waals surface area contributed by atoms with E-state index >= 15 is 0 Å². The molecule has 0 bridgehead atoms. The van der Waals surface area contributed by atoms with Gasteiger partial charge in [0, 0.05) is 20.6 Å². The third-order valence-electron chi connectivity index (χ3n) is 4.67. The van der Waals surface area contributed by atoms with Gasteiger partial charge in [-0.2, -0.15) is 10.1 Å². The summed E-state index contributed by atoms with van der Waals surface area (Å²) in [6.45, 7) is 1.77. The average molecular weight is 398 g/mol. The van der Waals surface area contributed by atoms with E-state index in [2.05, 4.69) is 15.5 Å². The number of aryl methyl sites for hydroxylation is 3. The first-order valence-corrected chi connectivity index (χ1v) is 9.05. The molecule has 2 aromatic heterocycles. The van der Waals surface area contributed by atoms with E-state index in [0.29, 0.717) is 13.0 Å². The molecule has 0 fully saturated rings. The largest absolute Gasteiger partial charge is 0.477 e. The summed E-state index contributed by atoms with van der Waals surface area (Å²) in [6.07, 6.45) is 1.49. The molecule has 10 heteroatoms. The molecule has 0 saturated carbocycles. The van der Waals surface area contributed by atoms with E-state index in [-0.39, 0.29) is 22.8 Å². The summed E-state index contributed by atoms with van der Waals surface area (Å²) < 4.78 is 3.94. The maximum atomic E-state index is 12.7. The summed E-state index contributed by atoms with van der Waals surface area (Å²) in [5.41, 5.74) is 3.13. The normalized spacial score (nSPS) is 11.8. The lowest BCUT2D eigenvalue weighted by Gasteiger charge is -2.09. The number of hydrazone groups is 1. The van der Waals surface area contributed by atoms with Crippen LogP contribution in [0.25, 0.3) is 11.2 Å². The highest BCUT2D eigenvalue weighted by Crippen LogP contribution is 2.17. The topological polar surface area (TPSA) is 124 Å². The van der Waals surface area contributed by atoms with Crippen LogP contribution in [0.2, 0.25) is 0 Å². The Hall–Kier alpha value is -3.69. The Morgan fingerprint density at radius 3 is 2.52 bits per heavy atom. The minimum atomic E-state index is -1.17. The number of imidazole rings is 1. The van der Waals surface area contributed by atoms with Gasteiger partial charge in [0.2, 0.25) is 5.95 Å². The zero-order chi connectivity index (χ0) is 21.1. The summed E-state index contributed by atoms with van der Waals surface area (Å²) in [5, 5.41) is 12.8. The number of carboxylic acids is 1. The number of benzene rings is 1. The van der Waals surface area contributed by atoms with Crippen LogP contribution in [0.15, 0.2) is 45.0 Å². The molecule has 3 rings (SSSR count). The molecule has 0 aliphatic carbocycles. The van der Waals surface area contributed by atoms with Crippen molar-refractivity contribution in [2.75, 3.05) is 5.43 Å². The van der Waals surface area contributed by atoms with Crippen molar-refractivity contribution >= 4 is 28.8 Å². The standard InChI is InChI=1S/C19H22N6O4/c1-12(17(27)28)21-22-18-20-15-14(16(26)24(3)19(29)23(15)2)25(18)11-7-10-13-8-5-4-6-9-13/h4-6,8-9H,7,10-11H2,1-3H3,(H,20,22)(H,27,28)/b21-12+. The van der Waals surface area contributed by atoms with E-state index < -0.39 is 17.2 Å². The molecule has 0 unspecified atom stereocenters. The van der Waals surface area contributed by atoms with Gasteiger partial charge in [-0.25, -0.2) is 15.0 Å². The molecular formula is C19H22N6O4. The fraction of sp³-hybridized carbons (Fsp3) is 0.316. The van der Waals surface area contributed by atoms with Crippen LogP contribution in [0.3, 0.4) is 0 Å². The molecule has 3 aromatic rings. The van der Waals surface area contributed by atoms with Crippen LogP contribution in [-0.4, -0.2) is 35.5 Å². The summed E-state index contributed by atoms with van der Waals surface area (Å²) in [5.74, 6) is -0.973. The van der Waals surface area contributed by atoms with Gasteiger partial charge in [0.05, 0.1) is 0 Å². The molecule has 0 radical (unpaired) electrons. The second-order valence-corrected chi connectivity index (χ2v) is 6.67. The van der Waals surface area contributed by atoms with Gasteiger partial charge in [0.25, 0.3) is 5.56 Å². The van der Waals surface area contributed by atoms with E-state index in [0.717, 1.165) is 16.6 Å². The Kier molecular flexibility index (Phi) is 5.62. The molecule has 0 spiro atoms. The molecule has 0 saturated heterocycles. The quantitative estimate of drug-likeness (QED) is 0.451. The number of nitrogens with one attached hydrogen (secondary N) is 1. The highest BCUT2D eigenvalue weighted by atomic mass is 16.4. The zero-order valence-corrected chi connectivity index (χ0v) is 16.4. The molecule has 2 heterocycles. The summed E-state index contributed by atoms with van der Waals surface area (Å²) in [6, 6.07) is 9.92. The fourth-order valence-electron chi connectivity index (χ4n) is 3.02. The zero-order valence-electron chi connectivity index (χ0n) is 16.4. The molecule has 29 heavy (non-hydrogen) atoms. The summed E-state index contributed by atoms with van der Waals surface area (Å²) >= 11 is 0. The number of aromatic nitrogens is 4. The Morgan fingerprint density at radius 2 is 1.86 bits per heavy atom. The Balaban J connectivity index is 2.04. The van der Waals surface area contributed by atoms with E-state index in [1.165, 1.54) is 25.6 Å². The van der Waals surface area contributed by atoms with Crippen molar-refractivity contribution in [2.24, 2.45) is 19.2 Å². The van der Waals surface area contributed by atoms with Gasteiger partial charge in [-0.1, -0.05) is 30.3 Å². The van der Waals surface area contributed by atoms with Crippen molar-refractivity contribution < 1.29 is 9.90 Å². The van der Waals surface area contributed by atoms with Crippen molar-refractivity contribution in [3.63, 3.8) is 0 Å². The van der Waals surface area contributed by atoms with Crippen LogP contribution in [0.4, 0.5) is 5.95 Å². The number of nitrogens with zero attached hydrogens (tertiary/aromatic N) is 5. The summed E-state index contributed by atoms with van der Waals surface area (Å²) in [4.78, 5) is 40.3. The molecule has 1 aromatic carbocycles. The van der Waals surface area contributed by atoms with Crippen LogP contribution in [-0.2, 0) is 31.9 Å². The Morgan fingerprint density at radius 1 is 1.17 bits per heavy atom. The number of carboxylic acid groups (broad SMARTS) is 1. The number of anilines is 1. The number of carbonyl (C=O) groups is 1. The highest BCUT2D eigenvalue weighted by Gasteiger charge is 2.19. The van der Waals surface area contributed by atoms with Crippen molar-refractivity contribution in [3.05, 3.63) is 56.7 Å². The second-order valence-electron chi connectivity index (χ2n) is 6.67. The van der Waals surface area contributed by atoms with Crippen molar-refractivity contribution in [2.45, 2.75) is 26.3 Å². The number of hydrogen-bond acceptors (Lipinski definition) is 6. The lowest BCUT2D eigenvalue weighted by atomic mass is 10.1. The number of aliphatic carboxylic acids is 1. The highest BCUT2D eigenvalue weighted by molar-refractivity contribution is 6.34. The second kappa shape index (κ2) is 8.13. The van der Waals surface area contributed by atoms with Crippen molar-refractivity contribution in [1.29, 1.82) is 0 Å². The maximum absolute atomic E-state index is 12.7. The van der Waals surface area contributed by atoms with Gasteiger partial charge in [-0.3, -0.25) is 13.9 Å². The van der Waals surface area contributed by atoms with Crippen LogP contribution in [0, 0.1) is 0 Å². The molecular weight excluding hydrogens is 376 g/mol. The number of hydrogen-bond donors (Lipinski definition) is 2. The van der Waals surface area contributed by atoms with Crippen molar-refractivity contribution in [1.82, 2.24) is 18.7 Å². The Labute approximate surface area is 165 Å². The number of fused-ring (bicyclic) bond motifs is 1.